The second kappa shape index (κ2) is 8.63. The van der Waals surface area contributed by atoms with E-state index in [0.717, 1.165) is 17.3 Å². The maximum Gasteiger partial charge on any atom is 0.417 e. The first-order valence-electron chi connectivity index (χ1n) is 9.74. The summed E-state index contributed by atoms with van der Waals surface area (Å²) in [5, 5.41) is 0. The van der Waals surface area contributed by atoms with E-state index in [4.69, 9.17) is 16.3 Å². The van der Waals surface area contributed by atoms with Crippen LogP contribution in [0.15, 0.2) is 66.7 Å². The molecular formula is C24H19ClF3NO2. The smallest absolute Gasteiger partial charge is 0.417 e. The highest BCUT2D eigenvalue weighted by Gasteiger charge is 2.34. The zero-order chi connectivity index (χ0) is 22.0. The Hall–Kier alpha value is -2.99. The van der Waals surface area contributed by atoms with Crippen LogP contribution in [-0.4, -0.2) is 18.3 Å². The Labute approximate surface area is 183 Å². The van der Waals surface area contributed by atoms with Crippen LogP contribution in [-0.2, 0) is 24.0 Å². The molecule has 0 aliphatic carbocycles. The Balaban J connectivity index is 1.54. The van der Waals surface area contributed by atoms with Crippen LogP contribution in [0, 0.1) is 0 Å². The molecule has 1 aliphatic rings. The third-order valence-corrected chi connectivity index (χ3v) is 5.47. The van der Waals surface area contributed by atoms with Crippen LogP contribution in [0.1, 0.15) is 16.7 Å². The van der Waals surface area contributed by atoms with Gasteiger partial charge in [0.25, 0.3) is 0 Å². The Morgan fingerprint density at radius 2 is 1.81 bits per heavy atom. The van der Waals surface area contributed by atoms with Crippen molar-refractivity contribution in [3.8, 4) is 16.9 Å². The van der Waals surface area contributed by atoms with Gasteiger partial charge in [-0.1, -0.05) is 42.5 Å². The van der Waals surface area contributed by atoms with E-state index in [1.807, 2.05) is 6.07 Å². The van der Waals surface area contributed by atoms with Gasteiger partial charge < -0.3 is 9.64 Å². The molecule has 0 atom stereocenters. The minimum atomic E-state index is -4.48. The maximum atomic E-state index is 13.7. The molecule has 3 aromatic rings. The van der Waals surface area contributed by atoms with E-state index in [1.165, 1.54) is 6.07 Å². The largest absolute Gasteiger partial charge is 0.489 e. The van der Waals surface area contributed by atoms with Crippen LogP contribution in [0.2, 0.25) is 0 Å². The van der Waals surface area contributed by atoms with Gasteiger partial charge in [-0.05, 0) is 52.9 Å². The number of fused-ring (bicyclic) bond motifs is 1. The third-order valence-electron chi connectivity index (χ3n) is 5.24. The monoisotopic (exact) mass is 445 g/mol. The van der Waals surface area contributed by atoms with Gasteiger partial charge in [-0.3, -0.25) is 4.79 Å². The molecule has 0 N–H and O–H groups in total. The molecule has 1 aliphatic heterocycles. The average molecular weight is 446 g/mol. The number of benzene rings is 3. The molecule has 4 rings (SSSR count). The van der Waals surface area contributed by atoms with Gasteiger partial charge in [0, 0.05) is 12.2 Å². The van der Waals surface area contributed by atoms with Crippen molar-refractivity contribution in [1.29, 1.82) is 0 Å². The van der Waals surface area contributed by atoms with Crippen LogP contribution in [0.4, 0.5) is 18.9 Å². The Morgan fingerprint density at radius 3 is 2.52 bits per heavy atom. The van der Waals surface area contributed by atoms with Crippen LogP contribution in [0.5, 0.6) is 5.75 Å². The van der Waals surface area contributed by atoms with E-state index >= 15 is 0 Å². The summed E-state index contributed by atoms with van der Waals surface area (Å²) in [5.41, 5.74) is 2.13. The number of ether oxygens (including phenoxy) is 1. The number of hydrogen-bond acceptors (Lipinski definition) is 2. The summed E-state index contributed by atoms with van der Waals surface area (Å²) < 4.78 is 46.8. The van der Waals surface area contributed by atoms with Crippen molar-refractivity contribution in [1.82, 2.24) is 0 Å². The standard InChI is InChI=1S/C24H19ClF3NO2/c25-14-23(30)29-11-10-18-13-19(7-9-22(18)29)31-15-16-6-8-20(17-4-2-1-3-5-17)21(12-16)24(26,27)28/h1-9,12-13H,10-11,14-15H2. The van der Waals surface area contributed by atoms with Crippen molar-refractivity contribution in [2.45, 2.75) is 19.2 Å². The van der Waals surface area contributed by atoms with Crippen LogP contribution in [0.3, 0.4) is 0 Å². The van der Waals surface area contributed by atoms with Gasteiger partial charge in [-0.2, -0.15) is 13.2 Å². The Morgan fingerprint density at radius 1 is 1.03 bits per heavy atom. The second-order valence-corrected chi connectivity index (χ2v) is 7.52. The normalized spacial score (nSPS) is 13.2. The van der Waals surface area contributed by atoms with Crippen molar-refractivity contribution in [2.24, 2.45) is 0 Å². The molecule has 0 fully saturated rings. The molecular weight excluding hydrogens is 427 g/mol. The molecule has 1 amide bonds. The minimum absolute atomic E-state index is 0.00125. The Kier molecular flexibility index (Phi) is 5.92. The first-order valence-corrected chi connectivity index (χ1v) is 10.3. The summed E-state index contributed by atoms with van der Waals surface area (Å²) in [4.78, 5) is 13.5. The zero-order valence-corrected chi connectivity index (χ0v) is 17.2. The topological polar surface area (TPSA) is 29.5 Å². The summed E-state index contributed by atoms with van der Waals surface area (Å²) >= 11 is 5.65. The fraction of sp³-hybridized carbons (Fsp3) is 0.208. The lowest BCUT2D eigenvalue weighted by Gasteiger charge is -2.17. The molecule has 0 bridgehead atoms. The summed E-state index contributed by atoms with van der Waals surface area (Å²) in [5.74, 6) is 0.296. The predicted octanol–water partition coefficient (Wildman–Crippen LogP) is 6.08. The van der Waals surface area contributed by atoms with Crippen molar-refractivity contribution < 1.29 is 22.7 Å². The summed E-state index contributed by atoms with van der Waals surface area (Å²) in [6, 6.07) is 18.1. The van der Waals surface area contributed by atoms with E-state index in [0.29, 0.717) is 29.8 Å². The van der Waals surface area contributed by atoms with E-state index in [1.54, 1.807) is 53.4 Å². The van der Waals surface area contributed by atoms with Crippen LogP contribution in [0.25, 0.3) is 11.1 Å². The van der Waals surface area contributed by atoms with E-state index in [-0.39, 0.29) is 24.0 Å². The van der Waals surface area contributed by atoms with E-state index in [9.17, 15) is 18.0 Å². The number of nitrogens with zero attached hydrogens (tertiary/aromatic N) is 1. The molecule has 0 spiro atoms. The molecule has 31 heavy (non-hydrogen) atoms. The quantitative estimate of drug-likeness (QED) is 0.445. The van der Waals surface area contributed by atoms with Crippen LogP contribution >= 0.6 is 11.6 Å². The molecule has 3 aromatic carbocycles. The van der Waals surface area contributed by atoms with Gasteiger partial charge in [0.05, 0.1) is 5.56 Å². The Bertz CT molecular complexity index is 1100. The average Bonchev–Trinajstić information content (AvgIpc) is 3.20. The highest BCUT2D eigenvalue weighted by Crippen LogP contribution is 2.38. The highest BCUT2D eigenvalue weighted by atomic mass is 35.5. The molecule has 0 aromatic heterocycles. The SMILES string of the molecule is O=C(CCl)N1CCc2cc(OCc3ccc(-c4ccccc4)c(C(F)(F)F)c3)ccc21. The lowest BCUT2D eigenvalue weighted by molar-refractivity contribution is -0.137. The second-order valence-electron chi connectivity index (χ2n) is 7.25. The van der Waals surface area contributed by atoms with Crippen molar-refractivity contribution in [3.63, 3.8) is 0 Å². The van der Waals surface area contributed by atoms with Gasteiger partial charge in [0.2, 0.25) is 5.91 Å². The first-order chi connectivity index (χ1) is 14.9. The van der Waals surface area contributed by atoms with E-state index in [2.05, 4.69) is 0 Å². The van der Waals surface area contributed by atoms with Gasteiger partial charge in [0.15, 0.2) is 0 Å². The third kappa shape index (κ3) is 4.54. The molecule has 0 saturated heterocycles. The lowest BCUT2D eigenvalue weighted by Crippen LogP contribution is -2.29. The highest BCUT2D eigenvalue weighted by molar-refractivity contribution is 6.29. The summed E-state index contributed by atoms with van der Waals surface area (Å²) in [7, 11) is 0. The number of hydrogen-bond donors (Lipinski definition) is 0. The molecule has 0 radical (unpaired) electrons. The number of alkyl halides is 4. The van der Waals surface area contributed by atoms with Crippen molar-refractivity contribution in [2.75, 3.05) is 17.3 Å². The maximum absolute atomic E-state index is 13.7. The van der Waals surface area contributed by atoms with Gasteiger partial charge in [-0.25, -0.2) is 0 Å². The number of halogens is 4. The molecule has 1 heterocycles. The van der Waals surface area contributed by atoms with Crippen LogP contribution < -0.4 is 9.64 Å². The summed E-state index contributed by atoms with van der Waals surface area (Å²) in [6.07, 6.45) is -3.80. The molecule has 0 saturated carbocycles. The predicted molar refractivity (Wildman–Crippen MR) is 114 cm³/mol. The number of rotatable bonds is 5. The number of amides is 1. The van der Waals surface area contributed by atoms with Gasteiger partial charge in [0.1, 0.15) is 18.2 Å². The first kappa shape index (κ1) is 21.2. The van der Waals surface area contributed by atoms with Crippen molar-refractivity contribution >= 4 is 23.2 Å². The van der Waals surface area contributed by atoms with E-state index < -0.39 is 11.7 Å². The summed E-state index contributed by atoms with van der Waals surface area (Å²) in [6.45, 7) is 0.557. The zero-order valence-electron chi connectivity index (χ0n) is 16.5. The lowest BCUT2D eigenvalue weighted by atomic mass is 9.97. The number of anilines is 1. The van der Waals surface area contributed by atoms with Gasteiger partial charge >= 0.3 is 6.18 Å². The van der Waals surface area contributed by atoms with Crippen molar-refractivity contribution in [3.05, 3.63) is 83.4 Å². The fourth-order valence-electron chi connectivity index (χ4n) is 3.75. The minimum Gasteiger partial charge on any atom is -0.489 e. The number of carbonyl (C=O) groups excluding carboxylic acids is 1. The molecule has 160 valence electrons. The number of carbonyl (C=O) groups is 1. The molecule has 0 unspecified atom stereocenters. The molecule has 3 nitrogen and oxygen atoms in total. The fourth-order valence-corrected chi connectivity index (χ4v) is 3.90. The molecule has 7 heteroatoms. The van der Waals surface area contributed by atoms with Gasteiger partial charge in [-0.15, -0.1) is 11.6 Å².